The highest BCUT2D eigenvalue weighted by Gasteiger charge is 2.31. The van der Waals surface area contributed by atoms with Crippen LogP contribution in [0.3, 0.4) is 0 Å². The van der Waals surface area contributed by atoms with Crippen molar-refractivity contribution >= 4 is 17.3 Å². The third kappa shape index (κ3) is 2.74. The minimum Gasteiger partial charge on any atom is -0.481 e. The Morgan fingerprint density at radius 2 is 1.30 bits per heavy atom. The third-order valence-electron chi connectivity index (χ3n) is 3.60. The molecule has 20 heavy (non-hydrogen) atoms. The Morgan fingerprint density at radius 3 is 1.60 bits per heavy atom. The SMILES string of the molecule is CC(CC(=O)O)(c1ccc(N)cc1)c1ccc(N)cc1. The Bertz CT molecular complexity index is 558. The van der Waals surface area contributed by atoms with Gasteiger partial charge in [0.25, 0.3) is 0 Å². The average Bonchev–Trinajstić information content (AvgIpc) is 2.39. The Hall–Kier alpha value is -2.49. The summed E-state index contributed by atoms with van der Waals surface area (Å²) in [4.78, 5) is 11.2. The molecule has 0 amide bonds. The average molecular weight is 270 g/mol. The second-order valence-electron chi connectivity index (χ2n) is 5.15. The van der Waals surface area contributed by atoms with Crippen molar-refractivity contribution in [3.8, 4) is 0 Å². The molecule has 0 aromatic heterocycles. The first-order valence-corrected chi connectivity index (χ1v) is 6.35. The molecule has 0 spiro atoms. The summed E-state index contributed by atoms with van der Waals surface area (Å²) < 4.78 is 0. The van der Waals surface area contributed by atoms with E-state index in [0.29, 0.717) is 11.4 Å². The van der Waals surface area contributed by atoms with Crippen LogP contribution in [0.25, 0.3) is 0 Å². The minimum atomic E-state index is -0.846. The number of hydrogen-bond donors (Lipinski definition) is 3. The maximum atomic E-state index is 11.2. The second-order valence-corrected chi connectivity index (χ2v) is 5.15. The van der Waals surface area contributed by atoms with E-state index in [1.165, 1.54) is 0 Å². The summed E-state index contributed by atoms with van der Waals surface area (Å²) in [6.07, 6.45) is 0.000830. The number of nitrogens with two attached hydrogens (primary N) is 2. The maximum absolute atomic E-state index is 11.2. The number of anilines is 2. The molecular weight excluding hydrogens is 252 g/mol. The van der Waals surface area contributed by atoms with Crippen molar-refractivity contribution in [1.29, 1.82) is 0 Å². The minimum absolute atomic E-state index is 0.000830. The lowest BCUT2D eigenvalue weighted by molar-refractivity contribution is -0.138. The normalized spacial score (nSPS) is 11.2. The van der Waals surface area contributed by atoms with Crippen molar-refractivity contribution in [3.05, 3.63) is 59.7 Å². The van der Waals surface area contributed by atoms with E-state index in [-0.39, 0.29) is 6.42 Å². The molecule has 0 radical (unpaired) electrons. The standard InChI is InChI=1S/C16H18N2O2/c1-16(10-15(19)20,11-2-6-13(17)7-3-11)12-4-8-14(18)9-5-12/h2-9H,10,17-18H2,1H3,(H,19,20). The van der Waals surface area contributed by atoms with Gasteiger partial charge in [0, 0.05) is 16.8 Å². The van der Waals surface area contributed by atoms with Crippen LogP contribution in [-0.4, -0.2) is 11.1 Å². The number of carboxylic acid groups (broad SMARTS) is 1. The van der Waals surface area contributed by atoms with E-state index in [9.17, 15) is 9.90 Å². The molecule has 0 bridgehead atoms. The second kappa shape index (κ2) is 5.25. The molecule has 0 unspecified atom stereocenters. The van der Waals surface area contributed by atoms with Gasteiger partial charge in [-0.3, -0.25) is 4.79 Å². The Labute approximate surface area is 118 Å². The fraction of sp³-hybridized carbons (Fsp3) is 0.188. The molecule has 0 aliphatic rings. The van der Waals surface area contributed by atoms with E-state index < -0.39 is 11.4 Å². The maximum Gasteiger partial charge on any atom is 0.304 e. The molecule has 4 nitrogen and oxygen atoms in total. The fourth-order valence-corrected chi connectivity index (χ4v) is 2.38. The number of hydrogen-bond acceptors (Lipinski definition) is 3. The summed E-state index contributed by atoms with van der Waals surface area (Å²) in [7, 11) is 0. The Balaban J connectivity index is 2.52. The summed E-state index contributed by atoms with van der Waals surface area (Å²) in [5.41, 5.74) is 13.9. The molecule has 0 aliphatic heterocycles. The quantitative estimate of drug-likeness (QED) is 0.745. The van der Waals surface area contributed by atoms with Gasteiger partial charge in [-0.05, 0) is 35.4 Å². The molecule has 0 fully saturated rings. The molecule has 5 N–H and O–H groups in total. The van der Waals surface area contributed by atoms with Gasteiger partial charge in [-0.1, -0.05) is 31.2 Å². The molecule has 0 heterocycles. The van der Waals surface area contributed by atoms with Gasteiger partial charge in [0.05, 0.1) is 6.42 Å². The first-order valence-electron chi connectivity index (χ1n) is 6.35. The molecule has 0 saturated heterocycles. The number of carbonyl (C=O) groups is 1. The molecule has 2 aromatic rings. The lowest BCUT2D eigenvalue weighted by Crippen LogP contribution is -2.27. The van der Waals surface area contributed by atoms with Crippen molar-refractivity contribution in [2.45, 2.75) is 18.8 Å². The summed E-state index contributed by atoms with van der Waals surface area (Å²) in [6.45, 7) is 1.91. The monoisotopic (exact) mass is 270 g/mol. The van der Waals surface area contributed by atoms with Gasteiger partial charge in [0.15, 0.2) is 0 Å². The summed E-state index contributed by atoms with van der Waals surface area (Å²) >= 11 is 0. The molecular formula is C16H18N2O2. The van der Waals surface area contributed by atoms with Crippen molar-refractivity contribution in [2.24, 2.45) is 0 Å². The number of carboxylic acids is 1. The summed E-state index contributed by atoms with van der Waals surface area (Å²) in [6, 6.07) is 14.6. The van der Waals surface area contributed by atoms with Crippen molar-refractivity contribution in [2.75, 3.05) is 11.5 Å². The zero-order valence-corrected chi connectivity index (χ0v) is 11.3. The van der Waals surface area contributed by atoms with Gasteiger partial charge in [-0.2, -0.15) is 0 Å². The summed E-state index contributed by atoms with van der Waals surface area (Å²) in [5, 5.41) is 9.23. The van der Waals surface area contributed by atoms with Crippen LogP contribution in [0.2, 0.25) is 0 Å². The molecule has 0 saturated carbocycles. The Kier molecular flexibility index (Phi) is 3.66. The van der Waals surface area contributed by atoms with Crippen LogP contribution in [0.5, 0.6) is 0 Å². The van der Waals surface area contributed by atoms with Crippen LogP contribution in [0, 0.1) is 0 Å². The Morgan fingerprint density at radius 1 is 0.950 bits per heavy atom. The zero-order chi connectivity index (χ0) is 14.8. The van der Waals surface area contributed by atoms with Gasteiger partial charge in [0.1, 0.15) is 0 Å². The van der Waals surface area contributed by atoms with E-state index in [2.05, 4.69) is 0 Å². The van der Waals surface area contributed by atoms with E-state index in [1.807, 2.05) is 31.2 Å². The number of rotatable bonds is 4. The lowest BCUT2D eigenvalue weighted by Gasteiger charge is -2.29. The van der Waals surface area contributed by atoms with Gasteiger partial charge < -0.3 is 16.6 Å². The number of benzene rings is 2. The first-order chi connectivity index (χ1) is 9.41. The highest BCUT2D eigenvalue weighted by atomic mass is 16.4. The number of aliphatic carboxylic acids is 1. The van der Waals surface area contributed by atoms with Crippen LogP contribution in [0.4, 0.5) is 11.4 Å². The predicted octanol–water partition coefficient (Wildman–Crippen LogP) is 2.63. The van der Waals surface area contributed by atoms with Gasteiger partial charge in [-0.25, -0.2) is 0 Å². The van der Waals surface area contributed by atoms with Crippen molar-refractivity contribution in [1.82, 2.24) is 0 Å². The van der Waals surface area contributed by atoms with E-state index in [4.69, 9.17) is 11.5 Å². The van der Waals surface area contributed by atoms with E-state index in [0.717, 1.165) is 11.1 Å². The number of nitrogen functional groups attached to an aromatic ring is 2. The largest absolute Gasteiger partial charge is 0.481 e. The first kappa shape index (κ1) is 13.9. The highest BCUT2D eigenvalue weighted by molar-refractivity contribution is 5.70. The third-order valence-corrected chi connectivity index (χ3v) is 3.60. The van der Waals surface area contributed by atoms with E-state index in [1.54, 1.807) is 24.3 Å². The fourth-order valence-electron chi connectivity index (χ4n) is 2.38. The van der Waals surface area contributed by atoms with Gasteiger partial charge in [0.2, 0.25) is 0 Å². The lowest BCUT2D eigenvalue weighted by atomic mass is 9.73. The molecule has 2 aromatic carbocycles. The molecule has 4 heteroatoms. The van der Waals surface area contributed by atoms with Crippen molar-refractivity contribution < 1.29 is 9.90 Å². The van der Waals surface area contributed by atoms with Crippen LogP contribution in [0.15, 0.2) is 48.5 Å². The summed E-state index contributed by atoms with van der Waals surface area (Å²) in [5.74, 6) is -0.846. The molecule has 0 atom stereocenters. The predicted molar refractivity (Wildman–Crippen MR) is 80.4 cm³/mol. The van der Waals surface area contributed by atoms with Crippen LogP contribution < -0.4 is 11.5 Å². The van der Waals surface area contributed by atoms with E-state index >= 15 is 0 Å². The van der Waals surface area contributed by atoms with Crippen LogP contribution >= 0.6 is 0 Å². The smallest absolute Gasteiger partial charge is 0.304 e. The molecule has 0 aliphatic carbocycles. The van der Waals surface area contributed by atoms with Crippen molar-refractivity contribution in [3.63, 3.8) is 0 Å². The molecule has 104 valence electrons. The zero-order valence-electron chi connectivity index (χ0n) is 11.3. The van der Waals surface area contributed by atoms with Gasteiger partial charge in [-0.15, -0.1) is 0 Å². The van der Waals surface area contributed by atoms with Gasteiger partial charge >= 0.3 is 5.97 Å². The topological polar surface area (TPSA) is 89.3 Å². The molecule has 2 rings (SSSR count). The van der Waals surface area contributed by atoms with Crippen LogP contribution in [-0.2, 0) is 10.2 Å². The highest BCUT2D eigenvalue weighted by Crippen LogP contribution is 2.36. The van der Waals surface area contributed by atoms with Crippen LogP contribution in [0.1, 0.15) is 24.5 Å².